The second-order valence-corrected chi connectivity index (χ2v) is 9.04. The standard InChI is InChI=1S/C24H24N4O2S/c1-16-12-21(22-17(2)27-28(3)23(22)25-16)24(29)26-20-11-7-10-19(13-20)15-31(30)14-18-8-5-4-6-9-18/h4-13H,14-15H2,1-3H3,(H,26,29). The fourth-order valence-electron chi connectivity index (χ4n) is 3.68. The van der Waals surface area contributed by atoms with Crippen molar-refractivity contribution in [3.63, 3.8) is 0 Å². The van der Waals surface area contributed by atoms with Gasteiger partial charge in [0, 0.05) is 40.7 Å². The van der Waals surface area contributed by atoms with Crippen molar-refractivity contribution >= 4 is 33.4 Å². The number of carbonyl (C=O) groups is 1. The molecule has 6 nitrogen and oxygen atoms in total. The first-order valence-electron chi connectivity index (χ1n) is 10.0. The number of rotatable bonds is 6. The number of benzene rings is 2. The van der Waals surface area contributed by atoms with Gasteiger partial charge in [-0.25, -0.2) is 4.98 Å². The molecule has 0 radical (unpaired) electrons. The number of hydrogen-bond donors (Lipinski definition) is 1. The van der Waals surface area contributed by atoms with Crippen molar-refractivity contribution in [2.75, 3.05) is 5.32 Å². The van der Waals surface area contributed by atoms with Gasteiger partial charge in [-0.1, -0.05) is 42.5 Å². The third-order valence-electron chi connectivity index (χ3n) is 5.02. The molecule has 0 bridgehead atoms. The minimum Gasteiger partial charge on any atom is -0.322 e. The van der Waals surface area contributed by atoms with Gasteiger partial charge in [-0.05, 0) is 43.2 Å². The predicted octanol–water partition coefficient (Wildman–Crippen LogP) is 4.29. The van der Waals surface area contributed by atoms with Crippen molar-refractivity contribution in [2.24, 2.45) is 7.05 Å². The number of hydrogen-bond acceptors (Lipinski definition) is 4. The first kappa shape index (κ1) is 20.9. The number of pyridine rings is 1. The molecule has 1 N–H and O–H groups in total. The van der Waals surface area contributed by atoms with Gasteiger partial charge in [0.15, 0.2) is 5.65 Å². The summed E-state index contributed by atoms with van der Waals surface area (Å²) in [7, 11) is 0.789. The number of amides is 1. The second-order valence-electron chi connectivity index (χ2n) is 7.59. The second kappa shape index (κ2) is 8.81. The molecule has 158 valence electrons. The van der Waals surface area contributed by atoms with Crippen LogP contribution in [-0.2, 0) is 29.4 Å². The van der Waals surface area contributed by atoms with Crippen molar-refractivity contribution in [3.05, 3.63) is 88.7 Å². The zero-order valence-corrected chi connectivity index (χ0v) is 18.6. The Morgan fingerprint density at radius 1 is 1.00 bits per heavy atom. The number of aromatic nitrogens is 3. The normalized spacial score (nSPS) is 12.1. The van der Waals surface area contributed by atoms with Gasteiger partial charge in [-0.2, -0.15) is 5.10 Å². The van der Waals surface area contributed by atoms with Crippen LogP contribution in [0.25, 0.3) is 11.0 Å². The highest BCUT2D eigenvalue weighted by Crippen LogP contribution is 2.23. The molecule has 2 heterocycles. The molecule has 2 aromatic heterocycles. The van der Waals surface area contributed by atoms with Crippen LogP contribution >= 0.6 is 0 Å². The number of anilines is 1. The lowest BCUT2D eigenvalue weighted by atomic mass is 10.1. The summed E-state index contributed by atoms with van der Waals surface area (Å²) in [6.45, 7) is 3.74. The molecule has 2 aromatic carbocycles. The lowest BCUT2D eigenvalue weighted by Gasteiger charge is -2.10. The predicted molar refractivity (Wildman–Crippen MR) is 124 cm³/mol. The van der Waals surface area contributed by atoms with Crippen LogP contribution in [0.5, 0.6) is 0 Å². The maximum absolute atomic E-state index is 13.1. The molecule has 0 saturated heterocycles. The average molecular weight is 433 g/mol. The van der Waals surface area contributed by atoms with Crippen LogP contribution in [0, 0.1) is 13.8 Å². The fraction of sp³-hybridized carbons (Fsp3) is 0.208. The van der Waals surface area contributed by atoms with Crippen molar-refractivity contribution < 1.29 is 9.00 Å². The highest BCUT2D eigenvalue weighted by Gasteiger charge is 2.18. The molecule has 0 spiro atoms. The molecule has 0 fully saturated rings. The summed E-state index contributed by atoms with van der Waals surface area (Å²) in [4.78, 5) is 17.6. The number of fused-ring (bicyclic) bond motifs is 1. The van der Waals surface area contributed by atoms with Crippen LogP contribution in [-0.4, -0.2) is 24.9 Å². The summed E-state index contributed by atoms with van der Waals surface area (Å²) in [5.74, 6) is 0.722. The Morgan fingerprint density at radius 3 is 2.48 bits per heavy atom. The van der Waals surface area contributed by atoms with E-state index in [4.69, 9.17) is 0 Å². The van der Waals surface area contributed by atoms with Crippen molar-refractivity contribution in [1.29, 1.82) is 0 Å². The maximum atomic E-state index is 13.1. The first-order valence-corrected chi connectivity index (χ1v) is 11.5. The molecular formula is C24H24N4O2S. The summed E-state index contributed by atoms with van der Waals surface area (Å²) in [5, 5.41) is 8.13. The molecule has 1 amide bonds. The minimum absolute atomic E-state index is 0.214. The monoisotopic (exact) mass is 432 g/mol. The summed E-state index contributed by atoms with van der Waals surface area (Å²) >= 11 is 0. The molecular weight excluding hydrogens is 408 g/mol. The summed E-state index contributed by atoms with van der Waals surface area (Å²) < 4.78 is 14.3. The van der Waals surface area contributed by atoms with E-state index in [-0.39, 0.29) is 5.91 Å². The van der Waals surface area contributed by atoms with Gasteiger partial charge < -0.3 is 5.32 Å². The van der Waals surface area contributed by atoms with Crippen LogP contribution < -0.4 is 5.32 Å². The zero-order valence-electron chi connectivity index (χ0n) is 17.8. The molecule has 31 heavy (non-hydrogen) atoms. The highest BCUT2D eigenvalue weighted by atomic mass is 32.2. The Bertz CT molecular complexity index is 1280. The van der Waals surface area contributed by atoms with Crippen LogP contribution in [0.3, 0.4) is 0 Å². The van der Waals surface area contributed by atoms with Crippen LogP contribution in [0.1, 0.15) is 32.9 Å². The number of aryl methyl sites for hydroxylation is 3. The zero-order chi connectivity index (χ0) is 22.0. The van der Waals surface area contributed by atoms with E-state index in [1.807, 2.05) is 75.5 Å². The van der Waals surface area contributed by atoms with E-state index < -0.39 is 10.8 Å². The Balaban J connectivity index is 1.52. The third-order valence-corrected chi connectivity index (χ3v) is 6.33. The lowest BCUT2D eigenvalue weighted by molar-refractivity contribution is 0.102. The fourth-order valence-corrected chi connectivity index (χ4v) is 4.90. The average Bonchev–Trinajstić information content (AvgIpc) is 3.01. The summed E-state index contributed by atoms with van der Waals surface area (Å²) in [6.07, 6.45) is 0. The Morgan fingerprint density at radius 2 is 1.71 bits per heavy atom. The molecule has 1 unspecified atom stereocenters. The number of nitrogens with one attached hydrogen (secondary N) is 1. The van der Waals surface area contributed by atoms with E-state index in [9.17, 15) is 9.00 Å². The minimum atomic E-state index is -1.03. The summed E-state index contributed by atoms with van der Waals surface area (Å²) in [5.41, 5.74) is 5.39. The molecule has 0 aliphatic carbocycles. The molecule has 0 aliphatic rings. The topological polar surface area (TPSA) is 76.9 Å². The first-order chi connectivity index (χ1) is 14.9. The molecule has 7 heteroatoms. The molecule has 1 atom stereocenters. The van der Waals surface area contributed by atoms with Gasteiger partial charge >= 0.3 is 0 Å². The quantitative estimate of drug-likeness (QED) is 0.493. The van der Waals surface area contributed by atoms with Crippen molar-refractivity contribution in [2.45, 2.75) is 25.4 Å². The van der Waals surface area contributed by atoms with Gasteiger partial charge in [-0.15, -0.1) is 0 Å². The maximum Gasteiger partial charge on any atom is 0.256 e. The third kappa shape index (κ3) is 4.72. The molecule has 0 aliphatic heterocycles. The van der Waals surface area contributed by atoms with Gasteiger partial charge in [0.05, 0.1) is 16.6 Å². The van der Waals surface area contributed by atoms with Crippen molar-refractivity contribution in [1.82, 2.24) is 14.8 Å². The molecule has 4 rings (SSSR count). The van der Waals surface area contributed by atoms with Crippen LogP contribution in [0.2, 0.25) is 0 Å². The number of nitrogens with zero attached hydrogens (tertiary/aromatic N) is 3. The SMILES string of the molecule is Cc1cc(C(=O)Nc2cccc(CS(=O)Cc3ccccc3)c2)c2c(C)nn(C)c2n1. The van der Waals surface area contributed by atoms with E-state index in [0.717, 1.165) is 27.9 Å². The van der Waals surface area contributed by atoms with Gasteiger partial charge in [0.25, 0.3) is 5.91 Å². The van der Waals surface area contributed by atoms with E-state index in [1.54, 1.807) is 10.7 Å². The Labute approximate surface area is 183 Å². The van der Waals surface area contributed by atoms with Crippen LogP contribution in [0.15, 0.2) is 60.7 Å². The largest absolute Gasteiger partial charge is 0.322 e. The van der Waals surface area contributed by atoms with Crippen LogP contribution in [0.4, 0.5) is 5.69 Å². The van der Waals surface area contributed by atoms with Gasteiger partial charge in [-0.3, -0.25) is 13.7 Å². The molecule has 4 aromatic rings. The number of carbonyl (C=O) groups excluding carboxylic acids is 1. The smallest absolute Gasteiger partial charge is 0.256 e. The van der Waals surface area contributed by atoms with E-state index in [2.05, 4.69) is 15.4 Å². The summed E-state index contributed by atoms with van der Waals surface area (Å²) in [6, 6.07) is 19.1. The lowest BCUT2D eigenvalue weighted by Crippen LogP contribution is -2.13. The van der Waals surface area contributed by atoms with E-state index >= 15 is 0 Å². The Kier molecular flexibility index (Phi) is 5.95. The molecule has 0 saturated carbocycles. The highest BCUT2D eigenvalue weighted by molar-refractivity contribution is 7.83. The Hall–Kier alpha value is -3.32. The van der Waals surface area contributed by atoms with Crippen molar-refractivity contribution in [3.8, 4) is 0 Å². The van der Waals surface area contributed by atoms with Gasteiger partial charge in [0.2, 0.25) is 0 Å². The van der Waals surface area contributed by atoms with E-state index in [0.29, 0.717) is 28.4 Å². The van der Waals surface area contributed by atoms with E-state index in [1.165, 1.54) is 0 Å². The van der Waals surface area contributed by atoms with Gasteiger partial charge in [0.1, 0.15) is 0 Å².